The molecule has 2 N–H and O–H groups in total. The lowest BCUT2D eigenvalue weighted by atomic mass is 10.2. The Balaban J connectivity index is 1.33. The Morgan fingerprint density at radius 1 is 0.778 bits per heavy atom. The number of nitrogens with one attached hydrogen (secondary N) is 2. The largest absolute Gasteiger partial charge is 0.497 e. The highest BCUT2D eigenvalue weighted by atomic mass is 35.5. The van der Waals surface area contributed by atoms with Crippen LogP contribution in [0.3, 0.4) is 0 Å². The second-order valence-corrected chi connectivity index (χ2v) is 8.38. The maximum atomic E-state index is 12.2. The zero-order valence-electron chi connectivity index (χ0n) is 19.4. The molecule has 0 fully saturated rings. The summed E-state index contributed by atoms with van der Waals surface area (Å²) in [6, 6.07) is 18.7. The molecule has 0 aliphatic carbocycles. The predicted octanol–water partition coefficient (Wildman–Crippen LogP) is 6.09. The van der Waals surface area contributed by atoms with Crippen LogP contribution >= 0.6 is 23.2 Å². The number of hydrogen-bond donors (Lipinski definition) is 2. The van der Waals surface area contributed by atoms with Crippen molar-refractivity contribution < 1.29 is 28.6 Å². The van der Waals surface area contributed by atoms with Crippen molar-refractivity contribution in [3.8, 4) is 17.2 Å². The molecule has 36 heavy (non-hydrogen) atoms. The van der Waals surface area contributed by atoms with Crippen LogP contribution in [-0.4, -0.2) is 31.5 Å². The fourth-order valence-electron chi connectivity index (χ4n) is 3.00. The number of hydrogen-bond acceptors (Lipinski definition) is 6. The van der Waals surface area contributed by atoms with Gasteiger partial charge in [-0.1, -0.05) is 23.2 Å². The average molecular weight is 531 g/mol. The van der Waals surface area contributed by atoms with E-state index in [1.807, 2.05) is 0 Å². The van der Waals surface area contributed by atoms with Crippen molar-refractivity contribution in [1.82, 2.24) is 0 Å². The molecule has 0 unspecified atom stereocenters. The topological polar surface area (TPSA) is 103 Å². The van der Waals surface area contributed by atoms with Crippen LogP contribution in [0, 0.1) is 0 Å². The molecule has 10 heteroatoms. The first-order valence-electron chi connectivity index (χ1n) is 10.9. The molecular weight excluding hydrogens is 507 g/mol. The van der Waals surface area contributed by atoms with Crippen molar-refractivity contribution in [2.24, 2.45) is 0 Å². The first-order chi connectivity index (χ1) is 17.3. The van der Waals surface area contributed by atoms with Gasteiger partial charge in [0.2, 0.25) is 5.91 Å². The third-order valence-electron chi connectivity index (χ3n) is 4.79. The average Bonchev–Trinajstić information content (AvgIpc) is 2.86. The SMILES string of the molecule is COc1ccc(Oc2ccc(NC(=O)CCCC(=O)OCC(=O)Nc3ccc(Cl)cc3Cl)cc2)cc1. The fourth-order valence-corrected chi connectivity index (χ4v) is 3.45. The summed E-state index contributed by atoms with van der Waals surface area (Å²) in [5, 5.41) is 6.00. The predicted molar refractivity (Wildman–Crippen MR) is 138 cm³/mol. The number of carbonyl (C=O) groups excluding carboxylic acids is 3. The molecule has 0 atom stereocenters. The summed E-state index contributed by atoms with van der Waals surface area (Å²) in [7, 11) is 1.59. The van der Waals surface area contributed by atoms with Crippen LogP contribution in [0.5, 0.6) is 17.2 Å². The van der Waals surface area contributed by atoms with E-state index in [-0.39, 0.29) is 30.2 Å². The first-order valence-corrected chi connectivity index (χ1v) is 11.7. The van der Waals surface area contributed by atoms with E-state index in [1.165, 1.54) is 6.07 Å². The lowest BCUT2D eigenvalue weighted by Crippen LogP contribution is -2.21. The van der Waals surface area contributed by atoms with Gasteiger partial charge in [0.1, 0.15) is 17.2 Å². The fraction of sp³-hybridized carbons (Fsp3) is 0.192. The molecule has 0 aliphatic heterocycles. The van der Waals surface area contributed by atoms with E-state index in [2.05, 4.69) is 10.6 Å². The number of methoxy groups -OCH3 is 1. The number of anilines is 2. The Hall–Kier alpha value is -3.75. The second-order valence-electron chi connectivity index (χ2n) is 7.54. The molecule has 0 saturated heterocycles. The molecule has 0 aromatic heterocycles. The Bertz CT molecular complexity index is 1200. The Morgan fingerprint density at radius 3 is 2.06 bits per heavy atom. The highest BCUT2D eigenvalue weighted by Gasteiger charge is 2.11. The van der Waals surface area contributed by atoms with Crippen LogP contribution in [-0.2, 0) is 19.1 Å². The number of amides is 2. The molecule has 0 aliphatic rings. The lowest BCUT2D eigenvalue weighted by Gasteiger charge is -2.09. The maximum Gasteiger partial charge on any atom is 0.306 e. The highest BCUT2D eigenvalue weighted by molar-refractivity contribution is 6.36. The van der Waals surface area contributed by atoms with Crippen molar-refractivity contribution in [2.45, 2.75) is 19.3 Å². The minimum Gasteiger partial charge on any atom is -0.497 e. The van der Waals surface area contributed by atoms with Crippen molar-refractivity contribution in [1.29, 1.82) is 0 Å². The van der Waals surface area contributed by atoms with Gasteiger partial charge in [0.05, 0.1) is 17.8 Å². The Morgan fingerprint density at radius 2 is 1.42 bits per heavy atom. The zero-order valence-corrected chi connectivity index (χ0v) is 20.9. The molecule has 0 saturated carbocycles. The van der Waals surface area contributed by atoms with Crippen LogP contribution in [0.4, 0.5) is 11.4 Å². The van der Waals surface area contributed by atoms with E-state index in [4.69, 9.17) is 37.4 Å². The smallest absolute Gasteiger partial charge is 0.306 e. The summed E-state index contributed by atoms with van der Waals surface area (Å²) >= 11 is 11.8. The normalized spacial score (nSPS) is 10.3. The summed E-state index contributed by atoms with van der Waals surface area (Å²) in [6.45, 7) is -0.463. The van der Waals surface area contributed by atoms with E-state index in [1.54, 1.807) is 67.8 Å². The number of ether oxygens (including phenoxy) is 3. The molecular formula is C26H24Cl2N2O6. The number of carbonyl (C=O) groups is 3. The molecule has 3 aromatic rings. The third kappa shape index (κ3) is 8.79. The van der Waals surface area contributed by atoms with E-state index < -0.39 is 18.5 Å². The standard InChI is InChI=1S/C26H24Cl2N2O6/c1-34-19-10-12-21(13-11-19)36-20-8-6-18(7-9-20)29-24(31)3-2-4-26(33)35-16-25(32)30-23-14-5-17(27)15-22(23)28/h5-15H,2-4,16H2,1H3,(H,29,31)(H,30,32). The molecule has 0 radical (unpaired) electrons. The van der Waals surface area contributed by atoms with Crippen molar-refractivity contribution >= 4 is 52.4 Å². The summed E-state index contributed by atoms with van der Waals surface area (Å²) in [5.41, 5.74) is 0.960. The summed E-state index contributed by atoms with van der Waals surface area (Å²) in [6.07, 6.45) is 0.386. The number of rotatable bonds is 11. The van der Waals surface area contributed by atoms with E-state index >= 15 is 0 Å². The molecule has 0 bridgehead atoms. The van der Waals surface area contributed by atoms with Crippen LogP contribution in [0.25, 0.3) is 0 Å². The Kier molecular flexibility index (Phi) is 9.97. The highest BCUT2D eigenvalue weighted by Crippen LogP contribution is 2.26. The summed E-state index contributed by atoms with van der Waals surface area (Å²) < 4.78 is 15.8. The maximum absolute atomic E-state index is 12.2. The lowest BCUT2D eigenvalue weighted by molar-refractivity contribution is -0.147. The first kappa shape index (κ1) is 26.8. The van der Waals surface area contributed by atoms with Crippen LogP contribution in [0.1, 0.15) is 19.3 Å². The summed E-state index contributed by atoms with van der Waals surface area (Å²) in [4.78, 5) is 36.0. The quantitative estimate of drug-likeness (QED) is 0.291. The number of esters is 1. The van der Waals surface area contributed by atoms with Gasteiger partial charge < -0.3 is 24.8 Å². The van der Waals surface area contributed by atoms with E-state index in [0.717, 1.165) is 5.75 Å². The van der Waals surface area contributed by atoms with Crippen LogP contribution < -0.4 is 20.1 Å². The molecule has 0 heterocycles. The number of benzene rings is 3. The minimum atomic E-state index is -0.583. The Labute approximate surface area is 218 Å². The molecule has 3 rings (SSSR count). The molecule has 8 nitrogen and oxygen atoms in total. The van der Waals surface area contributed by atoms with Gasteiger partial charge in [0.25, 0.3) is 5.91 Å². The van der Waals surface area contributed by atoms with Crippen molar-refractivity contribution in [3.63, 3.8) is 0 Å². The summed E-state index contributed by atoms with van der Waals surface area (Å²) in [5.74, 6) is 0.638. The van der Waals surface area contributed by atoms with E-state index in [9.17, 15) is 14.4 Å². The van der Waals surface area contributed by atoms with Gasteiger partial charge >= 0.3 is 5.97 Å². The van der Waals surface area contributed by atoms with Crippen molar-refractivity contribution in [2.75, 3.05) is 24.4 Å². The molecule has 2 amide bonds. The molecule has 0 spiro atoms. The van der Waals surface area contributed by atoms with Crippen LogP contribution in [0.2, 0.25) is 10.0 Å². The van der Waals surface area contributed by atoms with Gasteiger partial charge in [-0.3, -0.25) is 14.4 Å². The molecule has 3 aromatic carbocycles. The molecule has 188 valence electrons. The van der Waals surface area contributed by atoms with Gasteiger partial charge in [0, 0.05) is 23.6 Å². The van der Waals surface area contributed by atoms with Gasteiger partial charge in [0.15, 0.2) is 6.61 Å². The van der Waals surface area contributed by atoms with Crippen molar-refractivity contribution in [3.05, 3.63) is 76.8 Å². The van der Waals surface area contributed by atoms with Gasteiger partial charge in [-0.05, 0) is 73.2 Å². The zero-order chi connectivity index (χ0) is 25.9. The third-order valence-corrected chi connectivity index (χ3v) is 5.34. The van der Waals surface area contributed by atoms with Gasteiger partial charge in [-0.15, -0.1) is 0 Å². The monoisotopic (exact) mass is 530 g/mol. The van der Waals surface area contributed by atoms with Gasteiger partial charge in [-0.25, -0.2) is 0 Å². The van der Waals surface area contributed by atoms with Crippen LogP contribution in [0.15, 0.2) is 66.7 Å². The number of halogens is 2. The van der Waals surface area contributed by atoms with Gasteiger partial charge in [-0.2, -0.15) is 0 Å². The van der Waals surface area contributed by atoms with E-state index in [0.29, 0.717) is 27.9 Å². The second kappa shape index (κ2) is 13.4. The minimum absolute atomic E-state index is 0.00294.